The number of amides is 1. The molecule has 2 aromatic carbocycles. The summed E-state index contributed by atoms with van der Waals surface area (Å²) in [5, 5.41) is 2.79. The Hall–Kier alpha value is -1.60. The van der Waals surface area contributed by atoms with Crippen molar-refractivity contribution in [3.8, 4) is 0 Å². The van der Waals surface area contributed by atoms with Gasteiger partial charge in [0.15, 0.2) is 0 Å². The number of unbranched alkanes of at least 4 members (excludes halogenated alkanes) is 1. The van der Waals surface area contributed by atoms with Crippen molar-refractivity contribution >= 4 is 29.4 Å². The first-order valence-corrected chi connectivity index (χ1v) is 11.5. The molecule has 2 aromatic rings. The standard InChI is InChI=1S/C20H23BrF2NO4P/c21-18-14-16(10-11-17(18)20(22,23)29(26,27)28)12-13-24-19(25)9-5-4-8-15-6-2-1-3-7-15/h1-3,6-7,10-11,14H,4-5,8-9,12-13H2,(H,24,25)(H2,26,27,28). The zero-order valence-electron chi connectivity index (χ0n) is 15.7. The lowest BCUT2D eigenvalue weighted by Gasteiger charge is -2.19. The van der Waals surface area contributed by atoms with Crippen LogP contribution in [0.5, 0.6) is 0 Å². The summed E-state index contributed by atoms with van der Waals surface area (Å²) in [7, 11) is -5.62. The van der Waals surface area contributed by atoms with Gasteiger partial charge in [-0.1, -0.05) is 58.4 Å². The number of aryl methyl sites for hydroxylation is 1. The zero-order valence-corrected chi connectivity index (χ0v) is 18.1. The van der Waals surface area contributed by atoms with Crippen molar-refractivity contribution in [3.05, 3.63) is 69.7 Å². The molecule has 0 bridgehead atoms. The molecule has 0 unspecified atom stereocenters. The SMILES string of the molecule is O=C(CCCCc1ccccc1)NCCc1ccc(C(F)(F)P(=O)(O)O)c(Br)c1. The van der Waals surface area contributed by atoms with Gasteiger partial charge in [-0.25, -0.2) is 0 Å². The van der Waals surface area contributed by atoms with Crippen molar-refractivity contribution in [2.45, 2.75) is 37.8 Å². The van der Waals surface area contributed by atoms with E-state index < -0.39 is 18.8 Å². The summed E-state index contributed by atoms with van der Waals surface area (Å²) in [6, 6.07) is 13.8. The molecular formula is C20H23BrF2NO4P. The molecule has 0 aliphatic carbocycles. The van der Waals surface area contributed by atoms with Gasteiger partial charge < -0.3 is 15.1 Å². The van der Waals surface area contributed by atoms with Crippen molar-refractivity contribution in [1.82, 2.24) is 5.32 Å². The third-order valence-electron chi connectivity index (χ3n) is 4.42. The highest BCUT2D eigenvalue weighted by atomic mass is 79.9. The third-order valence-corrected chi connectivity index (χ3v) is 6.05. The van der Waals surface area contributed by atoms with Crippen molar-refractivity contribution in [2.24, 2.45) is 0 Å². The fourth-order valence-electron chi connectivity index (χ4n) is 2.81. The van der Waals surface area contributed by atoms with E-state index in [9.17, 15) is 18.1 Å². The van der Waals surface area contributed by atoms with Crippen LogP contribution < -0.4 is 5.32 Å². The van der Waals surface area contributed by atoms with Gasteiger partial charge >= 0.3 is 13.3 Å². The Balaban J connectivity index is 1.75. The smallest absolute Gasteiger partial charge is 0.356 e. The molecular weight excluding hydrogens is 467 g/mol. The maximum Gasteiger partial charge on any atom is 0.399 e. The second kappa shape index (κ2) is 10.4. The Labute approximate surface area is 176 Å². The van der Waals surface area contributed by atoms with Crippen LogP contribution in [0.2, 0.25) is 0 Å². The molecule has 0 aliphatic rings. The van der Waals surface area contributed by atoms with E-state index in [-0.39, 0.29) is 10.4 Å². The van der Waals surface area contributed by atoms with Gasteiger partial charge in [0, 0.05) is 23.0 Å². The van der Waals surface area contributed by atoms with Crippen LogP contribution in [0.1, 0.15) is 36.0 Å². The lowest BCUT2D eigenvalue weighted by atomic mass is 10.1. The van der Waals surface area contributed by atoms with Crippen LogP contribution in [0.15, 0.2) is 53.0 Å². The molecule has 0 atom stereocenters. The number of alkyl halides is 2. The van der Waals surface area contributed by atoms with Gasteiger partial charge in [0.1, 0.15) is 0 Å². The molecule has 3 N–H and O–H groups in total. The fourth-order valence-corrected chi connectivity index (χ4v) is 4.15. The Bertz CT molecular complexity index is 874. The predicted molar refractivity (Wildman–Crippen MR) is 111 cm³/mol. The quantitative estimate of drug-likeness (QED) is 0.332. The molecule has 0 saturated heterocycles. The van der Waals surface area contributed by atoms with Gasteiger partial charge in [0.05, 0.1) is 0 Å². The number of rotatable bonds is 10. The highest BCUT2D eigenvalue weighted by molar-refractivity contribution is 9.10. The van der Waals surface area contributed by atoms with Gasteiger partial charge in [-0.3, -0.25) is 9.36 Å². The van der Waals surface area contributed by atoms with Crippen molar-refractivity contribution in [3.63, 3.8) is 0 Å². The minimum Gasteiger partial charge on any atom is -0.356 e. The molecule has 0 heterocycles. The number of nitrogens with one attached hydrogen (secondary N) is 1. The van der Waals surface area contributed by atoms with E-state index in [1.165, 1.54) is 17.7 Å². The van der Waals surface area contributed by atoms with Crippen LogP contribution in [-0.4, -0.2) is 22.2 Å². The maximum atomic E-state index is 13.8. The number of carbonyl (C=O) groups is 1. The molecule has 0 aliphatic heterocycles. The number of halogens is 3. The number of hydrogen-bond donors (Lipinski definition) is 3. The molecule has 9 heteroatoms. The molecule has 29 heavy (non-hydrogen) atoms. The minimum absolute atomic E-state index is 0.0678. The summed E-state index contributed by atoms with van der Waals surface area (Å²) in [5.74, 6) is -0.0678. The van der Waals surface area contributed by atoms with Gasteiger partial charge in [-0.15, -0.1) is 0 Å². The van der Waals surface area contributed by atoms with Gasteiger partial charge in [-0.2, -0.15) is 8.78 Å². The van der Waals surface area contributed by atoms with Crippen LogP contribution in [0.25, 0.3) is 0 Å². The van der Waals surface area contributed by atoms with E-state index in [1.807, 2.05) is 18.2 Å². The first-order chi connectivity index (χ1) is 13.6. The molecule has 0 spiro atoms. The molecule has 0 saturated carbocycles. The number of carbonyl (C=O) groups excluding carboxylic acids is 1. The van der Waals surface area contributed by atoms with E-state index in [1.54, 1.807) is 0 Å². The van der Waals surface area contributed by atoms with E-state index in [0.717, 1.165) is 25.3 Å². The summed E-state index contributed by atoms with van der Waals surface area (Å²) in [6.07, 6.45) is 3.45. The van der Waals surface area contributed by atoms with Crippen molar-refractivity contribution < 1.29 is 27.9 Å². The normalized spacial score (nSPS) is 12.0. The summed E-state index contributed by atoms with van der Waals surface area (Å²) in [5.41, 5.74) is -3.13. The second-order valence-corrected chi connectivity index (χ2v) is 9.20. The summed E-state index contributed by atoms with van der Waals surface area (Å²) in [4.78, 5) is 29.6. The largest absolute Gasteiger partial charge is 0.399 e. The molecule has 1 amide bonds. The second-order valence-electron chi connectivity index (χ2n) is 6.69. The van der Waals surface area contributed by atoms with Gasteiger partial charge in [0.25, 0.3) is 0 Å². The summed E-state index contributed by atoms with van der Waals surface area (Å²) < 4.78 is 38.6. The average molecular weight is 490 g/mol. The fraction of sp³-hybridized carbons (Fsp3) is 0.350. The zero-order chi connectivity index (χ0) is 21.5. The molecule has 158 valence electrons. The molecule has 0 radical (unpaired) electrons. The lowest BCUT2D eigenvalue weighted by Crippen LogP contribution is -2.25. The Morgan fingerprint density at radius 1 is 1.03 bits per heavy atom. The topological polar surface area (TPSA) is 86.6 Å². The van der Waals surface area contributed by atoms with Crippen LogP contribution in [0, 0.1) is 0 Å². The molecule has 0 aromatic heterocycles. The Morgan fingerprint density at radius 3 is 2.34 bits per heavy atom. The Morgan fingerprint density at radius 2 is 1.72 bits per heavy atom. The Kier molecular flexibility index (Phi) is 8.52. The summed E-state index contributed by atoms with van der Waals surface area (Å²) in [6.45, 7) is 0.345. The monoisotopic (exact) mass is 489 g/mol. The number of benzene rings is 2. The van der Waals surface area contributed by atoms with Crippen molar-refractivity contribution in [2.75, 3.05) is 6.54 Å². The van der Waals surface area contributed by atoms with Gasteiger partial charge in [-0.05, 0) is 42.9 Å². The van der Waals surface area contributed by atoms with E-state index in [4.69, 9.17) is 9.79 Å². The molecule has 2 rings (SSSR count). The van der Waals surface area contributed by atoms with E-state index in [2.05, 4.69) is 33.4 Å². The first-order valence-electron chi connectivity index (χ1n) is 9.14. The van der Waals surface area contributed by atoms with Crippen LogP contribution in [-0.2, 0) is 27.9 Å². The number of hydrogen-bond acceptors (Lipinski definition) is 2. The third kappa shape index (κ3) is 7.00. The maximum absolute atomic E-state index is 13.8. The van der Waals surface area contributed by atoms with Gasteiger partial charge in [0.2, 0.25) is 5.91 Å². The van der Waals surface area contributed by atoms with Crippen LogP contribution >= 0.6 is 23.5 Å². The molecule has 5 nitrogen and oxygen atoms in total. The van der Waals surface area contributed by atoms with E-state index >= 15 is 0 Å². The highest BCUT2D eigenvalue weighted by Gasteiger charge is 2.51. The first kappa shape index (κ1) is 23.7. The van der Waals surface area contributed by atoms with Crippen molar-refractivity contribution in [1.29, 1.82) is 0 Å². The lowest BCUT2D eigenvalue weighted by molar-refractivity contribution is -0.121. The predicted octanol–water partition coefficient (Wildman–Crippen LogP) is 4.75. The molecule has 0 fully saturated rings. The van der Waals surface area contributed by atoms with Crippen LogP contribution in [0.3, 0.4) is 0 Å². The summed E-state index contributed by atoms with van der Waals surface area (Å²) >= 11 is 2.95. The average Bonchev–Trinajstić information content (AvgIpc) is 2.65. The van der Waals surface area contributed by atoms with E-state index in [0.29, 0.717) is 24.9 Å². The minimum atomic E-state index is -5.62. The highest BCUT2D eigenvalue weighted by Crippen LogP contribution is 2.60. The van der Waals surface area contributed by atoms with Crippen LogP contribution in [0.4, 0.5) is 8.78 Å².